The zero-order valence-electron chi connectivity index (χ0n) is 7.96. The van der Waals surface area contributed by atoms with Crippen LogP contribution in [-0.2, 0) is 4.74 Å². The summed E-state index contributed by atoms with van der Waals surface area (Å²) < 4.78 is 5.28. The van der Waals surface area contributed by atoms with E-state index in [1.807, 2.05) is 6.26 Å². The first-order chi connectivity index (χ1) is 5.58. The van der Waals surface area contributed by atoms with Gasteiger partial charge in [-0.2, -0.15) is 11.8 Å². The Morgan fingerprint density at radius 2 is 2.33 bits per heavy atom. The Labute approximate surface area is 78.5 Å². The number of nitrogens with two attached hydrogens (primary N) is 1. The average molecular weight is 187 g/mol. The number of ether oxygens (including phenoxy) is 1. The molecule has 3 heteroatoms. The lowest BCUT2D eigenvalue weighted by Gasteiger charge is -2.29. The highest BCUT2D eigenvalue weighted by Gasteiger charge is 2.29. The SMILES string of the molecule is CSC(C)(C)C(N)C1=COCC1. The lowest BCUT2D eigenvalue weighted by atomic mass is 9.95. The van der Waals surface area contributed by atoms with Crippen LogP contribution in [0.2, 0.25) is 0 Å². The molecule has 0 saturated carbocycles. The van der Waals surface area contributed by atoms with Gasteiger partial charge >= 0.3 is 0 Å². The van der Waals surface area contributed by atoms with Crippen LogP contribution in [0.4, 0.5) is 0 Å². The van der Waals surface area contributed by atoms with Crippen LogP contribution < -0.4 is 5.73 Å². The largest absolute Gasteiger partial charge is 0.501 e. The summed E-state index contributed by atoms with van der Waals surface area (Å²) in [6.07, 6.45) is 4.91. The van der Waals surface area contributed by atoms with Gasteiger partial charge in [-0.05, 0) is 25.7 Å². The van der Waals surface area contributed by atoms with Gasteiger partial charge in [0.25, 0.3) is 0 Å². The lowest BCUT2D eigenvalue weighted by molar-refractivity contribution is 0.281. The first-order valence-corrected chi connectivity index (χ1v) is 5.41. The van der Waals surface area contributed by atoms with Crippen molar-refractivity contribution >= 4 is 11.8 Å². The molecule has 70 valence electrons. The van der Waals surface area contributed by atoms with E-state index in [2.05, 4.69) is 20.1 Å². The van der Waals surface area contributed by atoms with E-state index in [0.29, 0.717) is 0 Å². The maximum Gasteiger partial charge on any atom is 0.0912 e. The molecule has 1 heterocycles. The smallest absolute Gasteiger partial charge is 0.0912 e. The predicted octanol–water partition coefficient (Wildman–Crippen LogP) is 1.76. The molecule has 2 N–H and O–H groups in total. The fourth-order valence-electron chi connectivity index (χ4n) is 1.20. The minimum Gasteiger partial charge on any atom is -0.501 e. The maximum absolute atomic E-state index is 6.10. The average Bonchev–Trinajstić information content (AvgIpc) is 2.55. The van der Waals surface area contributed by atoms with Crippen molar-refractivity contribution in [3.8, 4) is 0 Å². The van der Waals surface area contributed by atoms with Gasteiger partial charge in [0, 0.05) is 17.2 Å². The number of rotatable bonds is 3. The molecule has 0 spiro atoms. The van der Waals surface area contributed by atoms with Crippen LogP contribution in [-0.4, -0.2) is 23.7 Å². The summed E-state index contributed by atoms with van der Waals surface area (Å²) in [5, 5.41) is 0. The van der Waals surface area contributed by atoms with Gasteiger partial charge in [-0.25, -0.2) is 0 Å². The molecule has 0 aliphatic carbocycles. The van der Waals surface area contributed by atoms with Crippen LogP contribution in [0.3, 0.4) is 0 Å². The van der Waals surface area contributed by atoms with Gasteiger partial charge in [0.15, 0.2) is 0 Å². The molecule has 0 amide bonds. The van der Waals surface area contributed by atoms with Gasteiger partial charge in [0.2, 0.25) is 0 Å². The van der Waals surface area contributed by atoms with Crippen LogP contribution in [0, 0.1) is 0 Å². The predicted molar refractivity (Wildman–Crippen MR) is 54.2 cm³/mol. The van der Waals surface area contributed by atoms with Crippen LogP contribution in [0.25, 0.3) is 0 Å². The monoisotopic (exact) mass is 187 g/mol. The second-order valence-corrected chi connectivity index (χ2v) is 5.06. The second-order valence-electron chi connectivity index (χ2n) is 3.60. The van der Waals surface area contributed by atoms with Crippen LogP contribution in [0.5, 0.6) is 0 Å². The van der Waals surface area contributed by atoms with Gasteiger partial charge in [-0.15, -0.1) is 0 Å². The summed E-state index contributed by atoms with van der Waals surface area (Å²) in [7, 11) is 0. The second kappa shape index (κ2) is 3.71. The molecule has 0 fully saturated rings. The van der Waals surface area contributed by atoms with Gasteiger partial charge < -0.3 is 10.5 Å². The Bertz CT molecular complexity index is 189. The van der Waals surface area contributed by atoms with Crippen LogP contribution >= 0.6 is 11.8 Å². The summed E-state index contributed by atoms with van der Waals surface area (Å²) in [6.45, 7) is 5.14. The normalized spacial score (nSPS) is 20.2. The van der Waals surface area contributed by atoms with Crippen molar-refractivity contribution in [3.05, 3.63) is 11.8 Å². The Balaban J connectivity index is 2.62. The van der Waals surface area contributed by atoms with Gasteiger partial charge in [-0.1, -0.05) is 0 Å². The fraction of sp³-hybridized carbons (Fsp3) is 0.778. The molecule has 1 atom stereocenters. The summed E-state index contributed by atoms with van der Waals surface area (Å²) in [5.41, 5.74) is 7.34. The van der Waals surface area contributed by atoms with E-state index >= 15 is 0 Å². The molecule has 2 nitrogen and oxygen atoms in total. The highest BCUT2D eigenvalue weighted by atomic mass is 32.2. The Morgan fingerprint density at radius 1 is 1.67 bits per heavy atom. The Hall–Kier alpha value is -0.150. The van der Waals surface area contributed by atoms with Crippen molar-refractivity contribution in [1.29, 1.82) is 0 Å². The van der Waals surface area contributed by atoms with E-state index in [4.69, 9.17) is 10.5 Å². The lowest BCUT2D eigenvalue weighted by Crippen LogP contribution is -2.41. The molecular formula is C9H17NOS. The van der Waals surface area contributed by atoms with Crippen molar-refractivity contribution in [1.82, 2.24) is 0 Å². The minimum atomic E-state index is 0.111. The van der Waals surface area contributed by atoms with E-state index < -0.39 is 0 Å². The number of thioether (sulfide) groups is 1. The number of hydrogen-bond donors (Lipinski definition) is 1. The van der Waals surface area contributed by atoms with Crippen molar-refractivity contribution in [2.75, 3.05) is 12.9 Å². The minimum absolute atomic E-state index is 0.111. The zero-order chi connectivity index (χ0) is 9.19. The molecule has 1 aliphatic rings. The third-order valence-electron chi connectivity index (χ3n) is 2.42. The topological polar surface area (TPSA) is 35.2 Å². The molecule has 0 saturated heterocycles. The molecule has 0 radical (unpaired) electrons. The first-order valence-electron chi connectivity index (χ1n) is 4.19. The highest BCUT2D eigenvalue weighted by molar-refractivity contribution is 8.00. The standard InChI is InChI=1S/C9H17NOS/c1-9(2,12-3)8(10)7-4-5-11-6-7/h6,8H,4-5,10H2,1-3H3. The summed E-state index contributed by atoms with van der Waals surface area (Å²) in [6, 6.07) is 0.120. The molecule has 12 heavy (non-hydrogen) atoms. The van der Waals surface area contributed by atoms with Gasteiger partial charge in [-0.3, -0.25) is 0 Å². The molecule has 0 bridgehead atoms. The fourth-order valence-corrected chi connectivity index (χ4v) is 1.61. The molecule has 1 aliphatic heterocycles. The van der Waals surface area contributed by atoms with Crippen molar-refractivity contribution in [2.45, 2.75) is 31.1 Å². The molecule has 0 aromatic carbocycles. The summed E-state index contributed by atoms with van der Waals surface area (Å²) in [4.78, 5) is 0. The van der Waals surface area contributed by atoms with Crippen molar-refractivity contribution in [3.63, 3.8) is 0 Å². The Kier molecular flexibility index (Phi) is 3.07. The quantitative estimate of drug-likeness (QED) is 0.731. The van der Waals surface area contributed by atoms with E-state index in [9.17, 15) is 0 Å². The zero-order valence-corrected chi connectivity index (χ0v) is 8.78. The molecule has 0 aromatic rings. The van der Waals surface area contributed by atoms with E-state index in [1.54, 1.807) is 11.8 Å². The van der Waals surface area contributed by atoms with E-state index in [-0.39, 0.29) is 10.8 Å². The van der Waals surface area contributed by atoms with Crippen LogP contribution in [0.15, 0.2) is 11.8 Å². The van der Waals surface area contributed by atoms with E-state index in [0.717, 1.165) is 13.0 Å². The molecule has 0 aromatic heterocycles. The van der Waals surface area contributed by atoms with Crippen molar-refractivity contribution < 1.29 is 4.74 Å². The molecular weight excluding hydrogens is 170 g/mol. The van der Waals surface area contributed by atoms with Gasteiger partial charge in [0.1, 0.15) is 0 Å². The number of hydrogen-bond acceptors (Lipinski definition) is 3. The summed E-state index contributed by atoms with van der Waals surface area (Å²) >= 11 is 1.80. The van der Waals surface area contributed by atoms with Crippen LogP contribution in [0.1, 0.15) is 20.3 Å². The highest BCUT2D eigenvalue weighted by Crippen LogP contribution is 2.30. The molecule has 1 rings (SSSR count). The van der Waals surface area contributed by atoms with E-state index in [1.165, 1.54) is 5.57 Å². The summed E-state index contributed by atoms with van der Waals surface area (Å²) in [5.74, 6) is 0. The third kappa shape index (κ3) is 1.96. The Morgan fingerprint density at radius 3 is 2.75 bits per heavy atom. The van der Waals surface area contributed by atoms with Crippen molar-refractivity contribution in [2.24, 2.45) is 5.73 Å². The van der Waals surface area contributed by atoms with Gasteiger partial charge in [0.05, 0.1) is 12.9 Å². The third-order valence-corrected chi connectivity index (χ3v) is 3.72. The molecule has 1 unspecified atom stereocenters. The first kappa shape index (κ1) is 9.93. The maximum atomic E-state index is 6.10.